The number of aromatic nitrogens is 5. The number of hydrogen-bond acceptors (Lipinski definition) is 8. The van der Waals surface area contributed by atoms with E-state index < -0.39 is 12.0 Å². The van der Waals surface area contributed by atoms with Crippen LogP contribution in [0.2, 0.25) is 0 Å². The second kappa shape index (κ2) is 8.88. The predicted octanol–water partition coefficient (Wildman–Crippen LogP) is 2.82. The fourth-order valence-corrected chi connectivity index (χ4v) is 4.73. The number of fused-ring (bicyclic) bond motifs is 2. The molecule has 2 N–H and O–H groups in total. The van der Waals surface area contributed by atoms with E-state index in [4.69, 9.17) is 0 Å². The number of amides is 1. The molecule has 1 amide bonds. The van der Waals surface area contributed by atoms with Crippen molar-refractivity contribution in [3.05, 3.63) is 22.6 Å². The van der Waals surface area contributed by atoms with Gasteiger partial charge < -0.3 is 20.1 Å². The van der Waals surface area contributed by atoms with Gasteiger partial charge in [0.15, 0.2) is 5.82 Å². The normalized spacial score (nSPS) is 14.0. The number of alkyl halides is 3. The van der Waals surface area contributed by atoms with Gasteiger partial charge in [-0.25, -0.2) is 4.98 Å². The van der Waals surface area contributed by atoms with Crippen LogP contribution in [0.1, 0.15) is 36.8 Å². The van der Waals surface area contributed by atoms with Gasteiger partial charge in [0, 0.05) is 38.0 Å². The number of rotatable bonds is 7. The molecule has 1 aliphatic heterocycles. The first-order chi connectivity index (χ1) is 15.3. The minimum Gasteiger partial charge on any atom is -0.355 e. The topological polar surface area (TPSA) is 101 Å². The van der Waals surface area contributed by atoms with Crippen LogP contribution in [0, 0.1) is 0 Å². The Kier molecular flexibility index (Phi) is 6.17. The summed E-state index contributed by atoms with van der Waals surface area (Å²) in [5.74, 6) is 0.215. The highest BCUT2D eigenvalue weighted by Gasteiger charge is 2.39. The van der Waals surface area contributed by atoms with Crippen molar-refractivity contribution >= 4 is 39.2 Å². The van der Waals surface area contributed by atoms with Gasteiger partial charge in [-0.3, -0.25) is 4.79 Å². The summed E-state index contributed by atoms with van der Waals surface area (Å²) >= 11 is 1.58. The van der Waals surface area contributed by atoms with Gasteiger partial charge in [-0.05, 0) is 12.5 Å². The van der Waals surface area contributed by atoms with Crippen LogP contribution in [-0.2, 0) is 30.5 Å². The summed E-state index contributed by atoms with van der Waals surface area (Å²) in [7, 11) is 0. The molecule has 0 aromatic carbocycles. The van der Waals surface area contributed by atoms with E-state index in [2.05, 4.69) is 43.8 Å². The molecule has 3 aromatic heterocycles. The Morgan fingerprint density at radius 3 is 2.75 bits per heavy atom. The SMILES string of the molecule is CCCc1cc2c(N3CCn4c(nnc4C(F)(F)F)C3)nc(NCCNC(C)=O)nc2s1. The maximum absolute atomic E-state index is 13.2. The van der Waals surface area contributed by atoms with Gasteiger partial charge in [0.05, 0.1) is 11.9 Å². The quantitative estimate of drug-likeness (QED) is 0.514. The Bertz CT molecular complexity index is 1130. The molecule has 172 valence electrons. The lowest BCUT2D eigenvalue weighted by Gasteiger charge is -2.29. The van der Waals surface area contributed by atoms with E-state index >= 15 is 0 Å². The predicted molar refractivity (Wildman–Crippen MR) is 115 cm³/mol. The maximum Gasteiger partial charge on any atom is 0.451 e. The lowest BCUT2D eigenvalue weighted by atomic mass is 10.2. The van der Waals surface area contributed by atoms with E-state index in [-0.39, 0.29) is 24.8 Å². The molecule has 0 saturated carbocycles. The van der Waals surface area contributed by atoms with E-state index in [0.717, 1.165) is 27.6 Å². The molecule has 9 nitrogen and oxygen atoms in total. The third-order valence-electron chi connectivity index (χ3n) is 5.01. The molecule has 0 radical (unpaired) electrons. The molecule has 1 aliphatic rings. The number of hydrogen-bond donors (Lipinski definition) is 2. The fourth-order valence-electron chi connectivity index (χ4n) is 3.61. The van der Waals surface area contributed by atoms with Crippen LogP contribution >= 0.6 is 11.3 Å². The number of anilines is 2. The Morgan fingerprint density at radius 2 is 2.03 bits per heavy atom. The highest BCUT2D eigenvalue weighted by Crippen LogP contribution is 2.35. The van der Waals surface area contributed by atoms with Crippen molar-refractivity contribution in [1.29, 1.82) is 0 Å². The van der Waals surface area contributed by atoms with Crippen LogP contribution in [0.25, 0.3) is 10.2 Å². The second-order valence-electron chi connectivity index (χ2n) is 7.47. The molecular weight excluding hydrogens is 445 g/mol. The van der Waals surface area contributed by atoms with Crippen LogP contribution < -0.4 is 15.5 Å². The van der Waals surface area contributed by atoms with Gasteiger partial charge in [0.25, 0.3) is 0 Å². The van der Waals surface area contributed by atoms with Crippen molar-refractivity contribution < 1.29 is 18.0 Å². The van der Waals surface area contributed by atoms with Crippen LogP contribution in [0.15, 0.2) is 6.07 Å². The third kappa shape index (κ3) is 4.61. The third-order valence-corrected chi connectivity index (χ3v) is 6.10. The molecule has 0 bridgehead atoms. The zero-order valence-corrected chi connectivity index (χ0v) is 18.5. The minimum absolute atomic E-state index is 0.111. The smallest absolute Gasteiger partial charge is 0.355 e. The van der Waals surface area contributed by atoms with Crippen LogP contribution in [0.5, 0.6) is 0 Å². The minimum atomic E-state index is -4.54. The summed E-state index contributed by atoms with van der Waals surface area (Å²) < 4.78 is 40.6. The number of carbonyl (C=O) groups excluding carboxylic acids is 1. The molecule has 4 heterocycles. The molecule has 0 fully saturated rings. The highest BCUT2D eigenvalue weighted by molar-refractivity contribution is 7.18. The van der Waals surface area contributed by atoms with E-state index in [9.17, 15) is 18.0 Å². The van der Waals surface area contributed by atoms with Crippen molar-refractivity contribution in [3.8, 4) is 0 Å². The molecule has 3 aromatic rings. The molecule has 0 spiro atoms. The maximum atomic E-state index is 13.2. The van der Waals surface area contributed by atoms with E-state index in [1.54, 1.807) is 11.3 Å². The van der Waals surface area contributed by atoms with Gasteiger partial charge in [0.1, 0.15) is 10.6 Å². The van der Waals surface area contributed by atoms with Crippen LogP contribution in [-0.4, -0.2) is 50.3 Å². The average Bonchev–Trinajstić information content (AvgIpc) is 3.33. The monoisotopic (exact) mass is 468 g/mol. The summed E-state index contributed by atoms with van der Waals surface area (Å²) in [6.45, 7) is 5.03. The number of thiophene rings is 1. The zero-order chi connectivity index (χ0) is 22.9. The lowest BCUT2D eigenvalue weighted by molar-refractivity contribution is -0.147. The highest BCUT2D eigenvalue weighted by atomic mass is 32.1. The summed E-state index contributed by atoms with van der Waals surface area (Å²) in [5, 5.41) is 13.8. The summed E-state index contributed by atoms with van der Waals surface area (Å²) in [6, 6.07) is 2.06. The first-order valence-electron chi connectivity index (χ1n) is 10.3. The summed E-state index contributed by atoms with van der Waals surface area (Å²) in [6.07, 6.45) is -2.64. The van der Waals surface area contributed by atoms with Gasteiger partial charge in [0.2, 0.25) is 17.7 Å². The van der Waals surface area contributed by atoms with Crippen LogP contribution in [0.3, 0.4) is 0 Å². The summed E-state index contributed by atoms with van der Waals surface area (Å²) in [4.78, 5) is 24.2. The first kappa shape index (κ1) is 22.2. The Morgan fingerprint density at radius 1 is 1.22 bits per heavy atom. The molecular formula is C19H23F3N8OS. The van der Waals surface area contributed by atoms with Crippen molar-refractivity contribution in [3.63, 3.8) is 0 Å². The van der Waals surface area contributed by atoms with Gasteiger partial charge in [-0.2, -0.15) is 18.2 Å². The van der Waals surface area contributed by atoms with E-state index in [0.29, 0.717) is 31.4 Å². The molecule has 4 rings (SSSR count). The van der Waals surface area contributed by atoms with E-state index in [1.165, 1.54) is 11.8 Å². The second-order valence-corrected chi connectivity index (χ2v) is 8.59. The number of carbonyl (C=O) groups is 1. The van der Waals surface area contributed by atoms with Crippen molar-refractivity contribution in [2.45, 2.75) is 46.0 Å². The molecule has 32 heavy (non-hydrogen) atoms. The summed E-state index contributed by atoms with van der Waals surface area (Å²) in [5.41, 5.74) is 0. The molecule has 13 heteroatoms. The molecule has 0 unspecified atom stereocenters. The Hall–Kier alpha value is -2.96. The molecule has 0 atom stereocenters. The number of halogens is 3. The molecule has 0 saturated heterocycles. The van der Waals surface area contributed by atoms with E-state index in [1.807, 2.05) is 4.90 Å². The van der Waals surface area contributed by atoms with Crippen molar-refractivity contribution in [2.24, 2.45) is 0 Å². The number of nitrogens with one attached hydrogen (secondary N) is 2. The Balaban J connectivity index is 1.64. The fraction of sp³-hybridized carbons (Fsp3) is 0.526. The standard InChI is InChI=1S/C19H23F3N8OS/c1-3-4-12-9-13-15(25-18(26-16(13)32-12)24-6-5-23-11(2)31)29-7-8-30-14(10-29)27-28-17(30)19(20,21)22/h9H,3-8,10H2,1-2H3,(H,23,31)(H,24,25,26). The van der Waals surface area contributed by atoms with Gasteiger partial charge in [-0.15, -0.1) is 21.5 Å². The van der Waals surface area contributed by atoms with Crippen molar-refractivity contribution in [1.82, 2.24) is 30.0 Å². The number of nitrogens with zero attached hydrogens (tertiary/aromatic N) is 6. The average molecular weight is 469 g/mol. The number of aryl methyl sites for hydroxylation is 1. The Labute approximate surface area is 186 Å². The van der Waals surface area contributed by atoms with Crippen LogP contribution in [0.4, 0.5) is 24.9 Å². The first-order valence-corrected chi connectivity index (χ1v) is 11.1. The zero-order valence-electron chi connectivity index (χ0n) is 17.7. The lowest BCUT2D eigenvalue weighted by Crippen LogP contribution is -2.36. The van der Waals surface area contributed by atoms with Crippen molar-refractivity contribution in [2.75, 3.05) is 29.9 Å². The van der Waals surface area contributed by atoms with Gasteiger partial charge in [-0.1, -0.05) is 13.3 Å². The van der Waals surface area contributed by atoms with Gasteiger partial charge >= 0.3 is 6.18 Å². The molecule has 0 aliphatic carbocycles. The largest absolute Gasteiger partial charge is 0.451 e.